The number of esters is 1. The van der Waals surface area contributed by atoms with Gasteiger partial charge in [0, 0.05) is 0 Å². The highest BCUT2D eigenvalue weighted by Gasteiger charge is 2.48. The highest BCUT2D eigenvalue weighted by atomic mass is 28.4. The summed E-state index contributed by atoms with van der Waals surface area (Å²) in [6.45, 7) is 40.8. The Morgan fingerprint density at radius 3 is 1.43 bits per heavy atom. The Balaban J connectivity index is 6.99. The minimum Gasteiger partial charge on any atom is -0.461 e. The van der Waals surface area contributed by atoms with Crippen LogP contribution < -0.4 is 0 Å². The lowest BCUT2D eigenvalue weighted by molar-refractivity contribution is -0.151. The molecule has 0 aliphatic rings. The zero-order valence-electron chi connectivity index (χ0n) is 29.7. The predicted molar refractivity (Wildman–Crippen MR) is 177 cm³/mol. The molecule has 0 amide bonds. The number of carbonyl (C=O) groups is 1. The van der Waals surface area contributed by atoms with Crippen molar-refractivity contribution < 1.29 is 27.9 Å². The number of aliphatic hydroxyl groups excluding tert-OH is 1. The molecule has 0 heterocycles. The van der Waals surface area contributed by atoms with Gasteiger partial charge in [-0.15, -0.1) is 0 Å². The largest absolute Gasteiger partial charge is 0.461 e. The maximum absolute atomic E-state index is 12.5. The molecule has 0 spiro atoms. The Bertz CT molecular complexity index is 852. The molecule has 0 fully saturated rings. The van der Waals surface area contributed by atoms with Crippen LogP contribution >= 0.6 is 0 Å². The van der Waals surface area contributed by atoms with Gasteiger partial charge in [0.1, 0.15) is 12.7 Å². The SMILES string of the molecule is C/C(=C\[C@H](O[Si](C)(C)C(C)(C)C)[C@@H](O[Si](C)(C)C(C)(C)C)[C@@H](CO)O[Si](C)(C)C(C)(C)C)COC(=O)C(C)(C)C. The van der Waals surface area contributed by atoms with Crippen molar-refractivity contribution in [1.29, 1.82) is 0 Å². The van der Waals surface area contributed by atoms with Gasteiger partial charge in [0.15, 0.2) is 25.0 Å². The normalized spacial score (nSPS) is 17.4. The van der Waals surface area contributed by atoms with E-state index in [2.05, 4.69) is 102 Å². The summed E-state index contributed by atoms with van der Waals surface area (Å²) in [7, 11) is -6.87. The first kappa shape index (κ1) is 39.7. The Labute approximate surface area is 251 Å². The first-order valence-corrected chi connectivity index (χ1v) is 23.6. The van der Waals surface area contributed by atoms with Gasteiger partial charge in [0.25, 0.3) is 0 Å². The van der Waals surface area contributed by atoms with Gasteiger partial charge in [-0.25, -0.2) is 0 Å². The van der Waals surface area contributed by atoms with E-state index in [1.807, 2.05) is 33.8 Å². The van der Waals surface area contributed by atoms with E-state index in [-0.39, 0.29) is 34.3 Å². The van der Waals surface area contributed by atoms with Gasteiger partial charge in [0.2, 0.25) is 0 Å². The molecule has 1 N–H and O–H groups in total. The number of rotatable bonds is 12. The summed E-state index contributed by atoms with van der Waals surface area (Å²) in [6, 6.07) is 0. The van der Waals surface area contributed by atoms with E-state index in [4.69, 9.17) is 18.0 Å². The molecule has 0 saturated carbocycles. The Morgan fingerprint density at radius 2 is 1.07 bits per heavy atom. The maximum Gasteiger partial charge on any atom is 0.311 e. The van der Waals surface area contributed by atoms with Gasteiger partial charge < -0.3 is 23.1 Å². The molecule has 9 heteroatoms. The minimum absolute atomic E-state index is 0.0371. The molecular weight excluding hydrogens is 553 g/mol. The summed E-state index contributed by atoms with van der Waals surface area (Å²) < 4.78 is 26.8. The molecule has 0 unspecified atom stereocenters. The average Bonchev–Trinajstić information content (AvgIpc) is 2.70. The lowest BCUT2D eigenvalue weighted by Crippen LogP contribution is -2.58. The second-order valence-corrected chi connectivity index (χ2v) is 31.4. The second kappa shape index (κ2) is 13.6. The molecule has 40 heavy (non-hydrogen) atoms. The summed E-state index contributed by atoms with van der Waals surface area (Å²) in [5.74, 6) is -0.245. The molecule has 0 bridgehead atoms. The predicted octanol–water partition coefficient (Wildman–Crippen LogP) is 8.69. The quantitative estimate of drug-likeness (QED) is 0.134. The van der Waals surface area contributed by atoms with Crippen molar-refractivity contribution in [2.75, 3.05) is 13.2 Å². The number of hydrogen-bond acceptors (Lipinski definition) is 6. The first-order chi connectivity index (χ1) is 17.4. The Morgan fingerprint density at radius 1 is 0.700 bits per heavy atom. The molecule has 0 aromatic carbocycles. The summed E-state index contributed by atoms with van der Waals surface area (Å²) in [4.78, 5) is 12.5. The topological polar surface area (TPSA) is 74.2 Å². The molecule has 0 saturated heterocycles. The molecule has 0 aliphatic carbocycles. The van der Waals surface area contributed by atoms with E-state index in [0.717, 1.165) is 5.57 Å². The molecule has 0 radical (unpaired) electrons. The third-order valence-corrected chi connectivity index (χ3v) is 22.5. The molecule has 6 nitrogen and oxygen atoms in total. The Kier molecular flexibility index (Phi) is 13.5. The van der Waals surface area contributed by atoms with Gasteiger partial charge in [-0.05, 0) is 87.7 Å². The summed E-state index contributed by atoms with van der Waals surface area (Å²) in [6.07, 6.45) is 0.477. The van der Waals surface area contributed by atoms with Crippen LogP contribution in [0.2, 0.25) is 54.4 Å². The van der Waals surface area contributed by atoms with Gasteiger partial charge in [-0.3, -0.25) is 4.79 Å². The molecule has 0 aliphatic heterocycles. The smallest absolute Gasteiger partial charge is 0.311 e. The lowest BCUT2D eigenvalue weighted by atomic mass is 9.97. The van der Waals surface area contributed by atoms with Crippen molar-refractivity contribution in [2.24, 2.45) is 5.41 Å². The van der Waals surface area contributed by atoms with Gasteiger partial charge in [-0.1, -0.05) is 68.4 Å². The highest BCUT2D eigenvalue weighted by Crippen LogP contribution is 2.43. The van der Waals surface area contributed by atoms with Crippen LogP contribution in [-0.4, -0.2) is 67.6 Å². The molecule has 0 aromatic rings. The van der Waals surface area contributed by atoms with Crippen LogP contribution in [0.5, 0.6) is 0 Å². The molecular formula is C31H66O6Si3. The van der Waals surface area contributed by atoms with Crippen molar-refractivity contribution in [2.45, 2.75) is 163 Å². The first-order valence-electron chi connectivity index (χ1n) is 14.9. The van der Waals surface area contributed by atoms with Crippen LogP contribution in [0.4, 0.5) is 0 Å². The monoisotopic (exact) mass is 618 g/mol. The van der Waals surface area contributed by atoms with Crippen molar-refractivity contribution in [3.63, 3.8) is 0 Å². The van der Waals surface area contributed by atoms with Crippen molar-refractivity contribution in [3.8, 4) is 0 Å². The van der Waals surface area contributed by atoms with E-state index >= 15 is 0 Å². The highest BCUT2D eigenvalue weighted by molar-refractivity contribution is 6.75. The fourth-order valence-electron chi connectivity index (χ4n) is 3.07. The van der Waals surface area contributed by atoms with Crippen LogP contribution in [-0.2, 0) is 22.8 Å². The number of aliphatic hydroxyl groups is 1. The summed E-state index contributed by atoms with van der Waals surface area (Å²) in [5.41, 5.74) is 0.304. The molecule has 3 atom stereocenters. The zero-order valence-corrected chi connectivity index (χ0v) is 32.7. The molecule has 238 valence electrons. The van der Waals surface area contributed by atoms with E-state index < -0.39 is 48.7 Å². The van der Waals surface area contributed by atoms with E-state index in [0.29, 0.717) is 0 Å². The van der Waals surface area contributed by atoms with Crippen LogP contribution in [0.3, 0.4) is 0 Å². The van der Waals surface area contributed by atoms with Crippen molar-refractivity contribution in [3.05, 3.63) is 11.6 Å². The van der Waals surface area contributed by atoms with Crippen LogP contribution in [0.25, 0.3) is 0 Å². The maximum atomic E-state index is 12.5. The van der Waals surface area contributed by atoms with E-state index in [9.17, 15) is 9.90 Å². The molecule has 0 aromatic heterocycles. The summed E-state index contributed by atoms with van der Waals surface area (Å²) >= 11 is 0. The van der Waals surface area contributed by atoms with Crippen LogP contribution in [0.15, 0.2) is 11.6 Å². The second-order valence-electron chi connectivity index (χ2n) is 17.1. The molecule has 0 rings (SSSR count). The average molecular weight is 619 g/mol. The van der Waals surface area contributed by atoms with Crippen molar-refractivity contribution in [1.82, 2.24) is 0 Å². The third-order valence-electron chi connectivity index (χ3n) is 9.09. The third kappa shape index (κ3) is 11.4. The zero-order chi connectivity index (χ0) is 32.3. The van der Waals surface area contributed by atoms with Gasteiger partial charge in [-0.2, -0.15) is 0 Å². The summed E-state index contributed by atoms with van der Waals surface area (Å²) in [5, 5.41) is 10.7. The van der Waals surface area contributed by atoms with Crippen LogP contribution in [0, 0.1) is 5.41 Å². The van der Waals surface area contributed by atoms with Crippen LogP contribution in [0.1, 0.15) is 90.0 Å². The van der Waals surface area contributed by atoms with Crippen molar-refractivity contribution >= 4 is 30.9 Å². The number of hydrogen-bond donors (Lipinski definition) is 1. The fourth-order valence-corrected chi connectivity index (χ4v) is 6.95. The number of carbonyl (C=O) groups excluding carboxylic acids is 1. The van der Waals surface area contributed by atoms with Gasteiger partial charge >= 0.3 is 5.97 Å². The lowest BCUT2D eigenvalue weighted by Gasteiger charge is -2.48. The number of ether oxygens (including phenoxy) is 1. The van der Waals surface area contributed by atoms with Gasteiger partial charge in [0.05, 0.1) is 24.2 Å². The standard InChI is InChI=1S/C31H66O6Si3/c1-23(22-34-27(33)28(2,3)4)20-24(35-38(14,15)29(5,6)7)26(37-40(18,19)31(11,12)13)25(21-32)36-39(16,17)30(8,9)10/h20,24-26,32H,21-22H2,1-19H3/b23-20+/t24-,25+,26+/m0/s1. The van der Waals surface area contributed by atoms with E-state index in [1.165, 1.54) is 0 Å². The Hall–Kier alpha value is -0.299. The van der Waals surface area contributed by atoms with E-state index in [1.54, 1.807) is 0 Å². The fraction of sp³-hybridized carbons (Fsp3) is 0.903. The minimum atomic E-state index is -2.32.